The first kappa shape index (κ1) is 6.51. The Kier molecular flexibility index (Phi) is 2.02. The quantitative estimate of drug-likeness (QED) is 0.595. The summed E-state index contributed by atoms with van der Waals surface area (Å²) in [6.45, 7) is 0.310. The van der Waals surface area contributed by atoms with Crippen LogP contribution in [0.15, 0.2) is 0 Å². The molecule has 4 nitrogen and oxygen atoms in total. The number of ether oxygens (including phenoxy) is 2. The molecule has 0 atom stereocenters. The predicted molar refractivity (Wildman–Crippen MR) is 27.7 cm³/mol. The molecule has 0 aromatic carbocycles. The highest BCUT2D eigenvalue weighted by molar-refractivity contribution is 5.66. The number of aliphatic carboxylic acids is 1. The van der Waals surface area contributed by atoms with Crippen LogP contribution in [0.5, 0.6) is 0 Å². The lowest BCUT2D eigenvalue weighted by Gasteiger charge is -2.25. The van der Waals surface area contributed by atoms with E-state index in [0.717, 1.165) is 0 Å². The molecule has 1 saturated heterocycles. The zero-order valence-electron chi connectivity index (χ0n) is 4.87. The first-order valence-electron chi connectivity index (χ1n) is 2.74. The standard InChI is InChI=1S/C5H8O4/c6-4(7)1-2-5-8-3-9-5/h5H,1-3H2,(H,6,7). The summed E-state index contributed by atoms with van der Waals surface area (Å²) in [6, 6.07) is 0. The summed E-state index contributed by atoms with van der Waals surface area (Å²) in [7, 11) is 0. The smallest absolute Gasteiger partial charge is 0.303 e. The van der Waals surface area contributed by atoms with Crippen molar-refractivity contribution in [1.29, 1.82) is 0 Å². The molecular formula is C5H8O4. The molecule has 0 spiro atoms. The van der Waals surface area contributed by atoms with Gasteiger partial charge in [-0.15, -0.1) is 0 Å². The van der Waals surface area contributed by atoms with Gasteiger partial charge in [0.2, 0.25) is 0 Å². The summed E-state index contributed by atoms with van der Waals surface area (Å²) < 4.78 is 9.59. The van der Waals surface area contributed by atoms with Gasteiger partial charge < -0.3 is 14.6 Å². The normalized spacial score (nSPS) is 19.1. The van der Waals surface area contributed by atoms with Gasteiger partial charge in [-0.2, -0.15) is 0 Å². The molecule has 0 aromatic heterocycles. The Morgan fingerprint density at radius 2 is 2.33 bits per heavy atom. The summed E-state index contributed by atoms with van der Waals surface area (Å²) >= 11 is 0. The van der Waals surface area contributed by atoms with E-state index in [2.05, 4.69) is 0 Å². The average molecular weight is 132 g/mol. The predicted octanol–water partition coefficient (Wildman–Crippen LogP) is 0.182. The number of rotatable bonds is 3. The molecule has 0 unspecified atom stereocenters. The highest BCUT2D eigenvalue weighted by Gasteiger charge is 2.18. The van der Waals surface area contributed by atoms with Crippen molar-refractivity contribution in [3.05, 3.63) is 0 Å². The summed E-state index contributed by atoms with van der Waals surface area (Å²) in [5, 5.41) is 8.17. The van der Waals surface area contributed by atoms with Gasteiger partial charge in [0, 0.05) is 6.42 Å². The van der Waals surface area contributed by atoms with Crippen LogP contribution in [0.1, 0.15) is 12.8 Å². The Bertz CT molecular complexity index is 108. The van der Waals surface area contributed by atoms with Crippen LogP contribution in [0.3, 0.4) is 0 Å². The third kappa shape index (κ3) is 1.99. The first-order valence-corrected chi connectivity index (χ1v) is 2.74. The zero-order chi connectivity index (χ0) is 6.69. The van der Waals surface area contributed by atoms with Crippen LogP contribution < -0.4 is 0 Å². The Morgan fingerprint density at radius 3 is 2.67 bits per heavy atom. The Balaban J connectivity index is 1.97. The van der Waals surface area contributed by atoms with Crippen LogP contribution in [0.2, 0.25) is 0 Å². The fourth-order valence-electron chi connectivity index (χ4n) is 0.572. The maximum Gasteiger partial charge on any atom is 0.303 e. The summed E-state index contributed by atoms with van der Waals surface area (Å²) in [5.41, 5.74) is 0. The Morgan fingerprint density at radius 1 is 1.67 bits per heavy atom. The molecule has 1 fully saturated rings. The number of hydrogen-bond donors (Lipinski definition) is 1. The molecule has 4 heteroatoms. The van der Waals surface area contributed by atoms with Crippen molar-refractivity contribution >= 4 is 5.97 Å². The van der Waals surface area contributed by atoms with E-state index in [1.165, 1.54) is 0 Å². The van der Waals surface area contributed by atoms with E-state index in [9.17, 15) is 4.79 Å². The van der Waals surface area contributed by atoms with E-state index in [0.29, 0.717) is 13.2 Å². The molecule has 1 rings (SSSR count). The number of hydrogen-bond acceptors (Lipinski definition) is 3. The maximum absolute atomic E-state index is 9.93. The zero-order valence-corrected chi connectivity index (χ0v) is 4.87. The van der Waals surface area contributed by atoms with E-state index in [4.69, 9.17) is 14.6 Å². The van der Waals surface area contributed by atoms with Gasteiger partial charge in [0.1, 0.15) is 0 Å². The lowest BCUT2D eigenvalue weighted by atomic mass is 10.3. The molecular weight excluding hydrogens is 124 g/mol. The SMILES string of the molecule is O=C(O)CCC1OCO1. The van der Waals surface area contributed by atoms with E-state index in [1.54, 1.807) is 0 Å². The molecule has 1 aliphatic rings. The van der Waals surface area contributed by atoms with Crippen molar-refractivity contribution in [3.63, 3.8) is 0 Å². The average Bonchev–Trinajstić information content (AvgIpc) is 1.60. The minimum atomic E-state index is -0.811. The van der Waals surface area contributed by atoms with Crippen molar-refractivity contribution in [3.8, 4) is 0 Å². The van der Waals surface area contributed by atoms with Crippen molar-refractivity contribution in [2.75, 3.05) is 6.79 Å². The molecule has 52 valence electrons. The molecule has 1 aliphatic heterocycles. The van der Waals surface area contributed by atoms with Gasteiger partial charge in [-0.05, 0) is 0 Å². The van der Waals surface area contributed by atoms with Crippen LogP contribution in [-0.2, 0) is 14.3 Å². The van der Waals surface area contributed by atoms with E-state index >= 15 is 0 Å². The summed E-state index contributed by atoms with van der Waals surface area (Å²) in [5.74, 6) is -0.811. The largest absolute Gasteiger partial charge is 0.481 e. The third-order valence-electron chi connectivity index (χ3n) is 1.10. The third-order valence-corrected chi connectivity index (χ3v) is 1.10. The molecule has 0 aromatic rings. The first-order chi connectivity index (χ1) is 4.29. The van der Waals surface area contributed by atoms with Crippen molar-refractivity contribution in [1.82, 2.24) is 0 Å². The highest BCUT2D eigenvalue weighted by atomic mass is 16.8. The Hall–Kier alpha value is -0.610. The lowest BCUT2D eigenvalue weighted by molar-refractivity contribution is -0.321. The molecule has 1 heterocycles. The van der Waals surface area contributed by atoms with Crippen molar-refractivity contribution in [2.24, 2.45) is 0 Å². The molecule has 0 aliphatic carbocycles. The van der Waals surface area contributed by atoms with Crippen LogP contribution in [0.25, 0.3) is 0 Å². The van der Waals surface area contributed by atoms with Crippen LogP contribution in [0.4, 0.5) is 0 Å². The van der Waals surface area contributed by atoms with E-state index in [1.807, 2.05) is 0 Å². The van der Waals surface area contributed by atoms with Crippen LogP contribution >= 0.6 is 0 Å². The second kappa shape index (κ2) is 2.80. The van der Waals surface area contributed by atoms with Gasteiger partial charge in [-0.1, -0.05) is 0 Å². The maximum atomic E-state index is 9.93. The van der Waals surface area contributed by atoms with E-state index in [-0.39, 0.29) is 12.7 Å². The van der Waals surface area contributed by atoms with Gasteiger partial charge in [-0.25, -0.2) is 0 Å². The fourth-order valence-corrected chi connectivity index (χ4v) is 0.572. The van der Waals surface area contributed by atoms with Crippen LogP contribution in [0, 0.1) is 0 Å². The fraction of sp³-hybridized carbons (Fsp3) is 0.800. The van der Waals surface area contributed by atoms with Gasteiger partial charge in [0.15, 0.2) is 13.1 Å². The monoisotopic (exact) mass is 132 g/mol. The Labute approximate surface area is 52.4 Å². The second-order valence-electron chi connectivity index (χ2n) is 1.81. The van der Waals surface area contributed by atoms with Crippen LogP contribution in [-0.4, -0.2) is 24.2 Å². The highest BCUT2D eigenvalue weighted by Crippen LogP contribution is 2.12. The van der Waals surface area contributed by atoms with E-state index < -0.39 is 5.97 Å². The molecule has 0 bridgehead atoms. The molecule has 9 heavy (non-hydrogen) atoms. The van der Waals surface area contributed by atoms with Gasteiger partial charge in [0.05, 0.1) is 6.42 Å². The number of carbonyl (C=O) groups is 1. The van der Waals surface area contributed by atoms with Crippen molar-refractivity contribution in [2.45, 2.75) is 19.1 Å². The minimum absolute atomic E-state index is 0.116. The summed E-state index contributed by atoms with van der Waals surface area (Å²) in [4.78, 5) is 9.93. The lowest BCUT2D eigenvalue weighted by Crippen LogP contribution is -2.30. The molecule has 0 saturated carbocycles. The summed E-state index contributed by atoms with van der Waals surface area (Å²) in [6.07, 6.45) is 0.307. The van der Waals surface area contributed by atoms with Gasteiger partial charge >= 0.3 is 5.97 Å². The molecule has 1 N–H and O–H groups in total. The number of carboxylic acids is 1. The molecule has 0 radical (unpaired) electrons. The topological polar surface area (TPSA) is 55.8 Å². The minimum Gasteiger partial charge on any atom is -0.481 e. The van der Waals surface area contributed by atoms with Gasteiger partial charge in [0.25, 0.3) is 0 Å². The molecule has 0 amide bonds. The van der Waals surface area contributed by atoms with Crippen molar-refractivity contribution < 1.29 is 19.4 Å². The number of carboxylic acid groups (broad SMARTS) is 1. The second-order valence-corrected chi connectivity index (χ2v) is 1.81. The van der Waals surface area contributed by atoms with Gasteiger partial charge in [-0.3, -0.25) is 4.79 Å².